The monoisotopic (exact) mass is 642 g/mol. The van der Waals surface area contributed by atoms with Crippen molar-refractivity contribution in [2.24, 2.45) is 7.05 Å². The fourth-order valence-electron chi connectivity index (χ4n) is 6.33. The molecule has 0 aliphatic carbocycles. The standard InChI is InChI=1S/C43H45N4O/c1-24-16-18-32-31-19-17-28-14-12-13-15-30(28)37(31)48-38(32)36(24)34-22-33(27(4)23-47(34)11)35-25(2)20-29(21-26(35)3)39-44-40(42(5,6)7)46-41(45-39)43(8,9)10/h12-23H,1-11H3/q+1/i2D3,3D3,4D3. The summed E-state index contributed by atoms with van der Waals surface area (Å²) in [6.07, 6.45) is 1.44. The molecule has 0 aliphatic heterocycles. The van der Waals surface area contributed by atoms with Crippen molar-refractivity contribution in [3.05, 3.63) is 107 Å². The minimum absolute atomic E-state index is 0.0359. The highest BCUT2D eigenvalue weighted by Crippen LogP contribution is 2.41. The maximum atomic E-state index is 8.80. The summed E-state index contributed by atoms with van der Waals surface area (Å²) < 4.78 is 87.1. The van der Waals surface area contributed by atoms with Gasteiger partial charge in [-0.15, -0.1) is 0 Å². The van der Waals surface area contributed by atoms with Crippen molar-refractivity contribution in [2.45, 2.75) is 79.9 Å². The number of hydrogen-bond acceptors (Lipinski definition) is 4. The van der Waals surface area contributed by atoms with E-state index in [-0.39, 0.29) is 39.2 Å². The van der Waals surface area contributed by atoms with Gasteiger partial charge in [-0.2, -0.15) is 0 Å². The highest BCUT2D eigenvalue weighted by molar-refractivity contribution is 6.17. The lowest BCUT2D eigenvalue weighted by molar-refractivity contribution is -0.660. The molecular formula is C43H45N4O+. The first-order valence-corrected chi connectivity index (χ1v) is 16.1. The topological polar surface area (TPSA) is 55.7 Å². The van der Waals surface area contributed by atoms with E-state index in [0.717, 1.165) is 27.1 Å². The van der Waals surface area contributed by atoms with Gasteiger partial charge in [0.2, 0.25) is 5.69 Å². The van der Waals surface area contributed by atoms with Crippen LogP contribution in [0.25, 0.3) is 66.5 Å². The molecule has 0 saturated heterocycles. The van der Waals surface area contributed by atoms with Crippen LogP contribution < -0.4 is 4.57 Å². The number of aryl methyl sites for hydroxylation is 5. The summed E-state index contributed by atoms with van der Waals surface area (Å²) in [5.74, 6) is 1.04. The van der Waals surface area contributed by atoms with Crippen molar-refractivity contribution in [3.63, 3.8) is 0 Å². The van der Waals surface area contributed by atoms with Crippen molar-refractivity contribution >= 4 is 32.7 Å². The fraction of sp³-hybridized carbons (Fsp3) is 0.302. The largest absolute Gasteiger partial charge is 0.454 e. The predicted molar refractivity (Wildman–Crippen MR) is 198 cm³/mol. The van der Waals surface area contributed by atoms with Crippen LogP contribution in [0.4, 0.5) is 0 Å². The summed E-state index contributed by atoms with van der Waals surface area (Å²) >= 11 is 0. The molecule has 5 nitrogen and oxygen atoms in total. The van der Waals surface area contributed by atoms with E-state index in [0.29, 0.717) is 34.1 Å². The first-order chi connectivity index (χ1) is 26.2. The summed E-state index contributed by atoms with van der Waals surface area (Å²) in [4.78, 5) is 14.2. The molecule has 0 N–H and O–H groups in total. The Labute approximate surface area is 296 Å². The minimum Gasteiger partial charge on any atom is -0.454 e. The molecule has 0 radical (unpaired) electrons. The Morgan fingerprint density at radius 2 is 1.27 bits per heavy atom. The minimum atomic E-state index is -2.89. The van der Waals surface area contributed by atoms with Crippen LogP contribution >= 0.6 is 0 Å². The van der Waals surface area contributed by atoms with Gasteiger partial charge in [0.15, 0.2) is 12.0 Å². The van der Waals surface area contributed by atoms with Crippen LogP contribution in [-0.4, -0.2) is 15.0 Å². The van der Waals surface area contributed by atoms with Gasteiger partial charge < -0.3 is 4.42 Å². The summed E-state index contributed by atoms with van der Waals surface area (Å²) in [6, 6.07) is 20.3. The molecule has 3 aromatic heterocycles. The van der Waals surface area contributed by atoms with Gasteiger partial charge in [0.25, 0.3) is 0 Å². The Morgan fingerprint density at radius 1 is 0.646 bits per heavy atom. The van der Waals surface area contributed by atoms with Gasteiger partial charge in [-0.05, 0) is 78.9 Å². The van der Waals surface area contributed by atoms with E-state index in [2.05, 4.69) is 0 Å². The number of benzene rings is 4. The maximum Gasteiger partial charge on any atom is 0.216 e. The van der Waals surface area contributed by atoms with E-state index in [1.807, 2.05) is 97.0 Å². The van der Waals surface area contributed by atoms with Gasteiger partial charge in [0, 0.05) is 56.5 Å². The third kappa shape index (κ3) is 5.26. The normalized spacial score (nSPS) is 16.0. The molecule has 3 heterocycles. The van der Waals surface area contributed by atoms with Crippen molar-refractivity contribution in [1.82, 2.24) is 15.0 Å². The molecule has 7 rings (SSSR count). The van der Waals surface area contributed by atoms with Crippen LogP contribution in [0.5, 0.6) is 0 Å². The second kappa shape index (κ2) is 11.1. The van der Waals surface area contributed by atoms with Crippen LogP contribution in [0.2, 0.25) is 0 Å². The zero-order valence-electron chi connectivity index (χ0n) is 37.6. The molecule has 0 saturated carbocycles. The van der Waals surface area contributed by atoms with E-state index in [9.17, 15) is 0 Å². The van der Waals surface area contributed by atoms with Crippen molar-refractivity contribution in [1.29, 1.82) is 0 Å². The Hall–Kier alpha value is -4.90. The number of pyridine rings is 1. The first kappa shape index (κ1) is 22.6. The summed E-state index contributed by atoms with van der Waals surface area (Å²) in [6.45, 7) is 5.05. The van der Waals surface area contributed by atoms with Crippen LogP contribution in [0.3, 0.4) is 0 Å². The molecule has 0 bridgehead atoms. The first-order valence-electron chi connectivity index (χ1n) is 20.6. The molecule has 0 fully saturated rings. The van der Waals surface area contributed by atoms with Gasteiger partial charge in [-0.1, -0.05) is 84.0 Å². The summed E-state index contributed by atoms with van der Waals surface area (Å²) in [5, 5.41) is 3.69. The molecule has 0 atom stereocenters. The van der Waals surface area contributed by atoms with Crippen LogP contribution in [-0.2, 0) is 17.9 Å². The van der Waals surface area contributed by atoms with Crippen molar-refractivity contribution in [2.75, 3.05) is 0 Å². The lowest BCUT2D eigenvalue weighted by atomic mass is 9.89. The molecule has 4 aromatic carbocycles. The highest BCUT2D eigenvalue weighted by atomic mass is 16.3. The van der Waals surface area contributed by atoms with E-state index in [4.69, 9.17) is 31.7 Å². The zero-order valence-corrected chi connectivity index (χ0v) is 28.6. The van der Waals surface area contributed by atoms with Gasteiger partial charge in [0.1, 0.15) is 29.9 Å². The number of aromatic nitrogens is 4. The zero-order chi connectivity index (χ0) is 41.8. The molecule has 0 amide bonds. The van der Waals surface area contributed by atoms with Crippen LogP contribution in [0.1, 0.15) is 87.8 Å². The molecule has 0 aliphatic rings. The van der Waals surface area contributed by atoms with E-state index >= 15 is 0 Å². The third-order valence-electron chi connectivity index (χ3n) is 8.91. The smallest absolute Gasteiger partial charge is 0.216 e. The van der Waals surface area contributed by atoms with E-state index in [1.54, 1.807) is 17.7 Å². The summed E-state index contributed by atoms with van der Waals surface area (Å²) in [7, 11) is 1.71. The number of nitrogens with zero attached hydrogens (tertiary/aromatic N) is 4. The molecule has 0 spiro atoms. The molecular weight excluding hydrogens is 589 g/mol. The maximum absolute atomic E-state index is 8.80. The lowest BCUT2D eigenvalue weighted by Gasteiger charge is -2.23. The van der Waals surface area contributed by atoms with Crippen LogP contribution in [0.15, 0.2) is 77.3 Å². The van der Waals surface area contributed by atoms with Crippen molar-refractivity contribution in [3.8, 4) is 33.8 Å². The van der Waals surface area contributed by atoms with Crippen molar-refractivity contribution < 1.29 is 21.3 Å². The molecule has 0 unspecified atom stereocenters. The lowest BCUT2D eigenvalue weighted by Crippen LogP contribution is -2.31. The predicted octanol–water partition coefficient (Wildman–Crippen LogP) is 10.6. The molecule has 5 heteroatoms. The average molecular weight is 643 g/mol. The van der Waals surface area contributed by atoms with E-state index < -0.39 is 31.4 Å². The second-order valence-electron chi connectivity index (χ2n) is 14.7. The van der Waals surface area contributed by atoms with Gasteiger partial charge in [-0.3, -0.25) is 0 Å². The number of rotatable bonds is 3. The SMILES string of the molecule is [2H]C([2H])([2H])c1c[n+](C)c(-c2c(C)ccc3c2oc2c4ccccc4ccc32)cc1-c1c(C([2H])([2H])[2H])cc(-c2nc(C(C)(C)C)nc(C(C)(C)C)n2)cc1C([2H])([2H])[2H]. The Balaban J connectivity index is 1.59. The van der Waals surface area contributed by atoms with Gasteiger partial charge >= 0.3 is 0 Å². The van der Waals surface area contributed by atoms with Gasteiger partial charge in [0.05, 0.1) is 5.56 Å². The third-order valence-corrected chi connectivity index (χ3v) is 8.91. The Kier molecular flexibility index (Phi) is 5.23. The summed E-state index contributed by atoms with van der Waals surface area (Å²) in [5.41, 5.74) is 1.25. The average Bonchev–Trinajstić information content (AvgIpc) is 3.48. The highest BCUT2D eigenvalue weighted by Gasteiger charge is 2.27. The number of furan rings is 1. The molecule has 48 heavy (non-hydrogen) atoms. The molecule has 7 aromatic rings. The van der Waals surface area contributed by atoms with Gasteiger partial charge in [-0.25, -0.2) is 19.5 Å². The molecule has 242 valence electrons. The quantitative estimate of drug-likeness (QED) is 0.180. The Bertz CT molecular complexity index is 2680. The number of fused-ring (bicyclic) bond motifs is 5. The second-order valence-corrected chi connectivity index (χ2v) is 14.7. The van der Waals surface area contributed by atoms with E-state index in [1.165, 1.54) is 18.3 Å². The van der Waals surface area contributed by atoms with Crippen LogP contribution in [0, 0.1) is 27.5 Å². The fourth-order valence-corrected chi connectivity index (χ4v) is 6.33. The number of hydrogen-bond donors (Lipinski definition) is 0. The Morgan fingerprint density at radius 3 is 1.92 bits per heavy atom.